The molecular weight excluding hydrogens is 264 g/mol. The zero-order valence-electron chi connectivity index (χ0n) is 10.3. The first-order chi connectivity index (χ1) is 9.11. The third-order valence-electron chi connectivity index (χ3n) is 2.80. The van der Waals surface area contributed by atoms with E-state index >= 15 is 0 Å². The number of thiazole rings is 1. The Balaban J connectivity index is 2.21. The van der Waals surface area contributed by atoms with Crippen LogP contribution in [0, 0.1) is 0 Å². The molecule has 5 nitrogen and oxygen atoms in total. The number of amides is 1. The van der Waals surface area contributed by atoms with E-state index in [9.17, 15) is 9.90 Å². The number of aliphatic hydroxyl groups excluding tert-OH is 1. The number of hydrogen-bond donors (Lipinski definition) is 3. The van der Waals surface area contributed by atoms with E-state index in [2.05, 4.69) is 10.3 Å². The highest BCUT2D eigenvalue weighted by Gasteiger charge is 2.10. The number of nitrogens with zero attached hydrogens (tertiary/aromatic N) is 1. The molecule has 0 saturated heterocycles. The molecule has 100 valence electrons. The summed E-state index contributed by atoms with van der Waals surface area (Å²) in [5.74, 6) is 0. The Labute approximate surface area is 114 Å². The Hall–Kier alpha value is -1.92. The van der Waals surface area contributed by atoms with Crippen molar-refractivity contribution < 1.29 is 15.0 Å². The van der Waals surface area contributed by atoms with Gasteiger partial charge in [-0.05, 0) is 18.1 Å². The average molecular weight is 278 g/mol. The van der Waals surface area contributed by atoms with Crippen molar-refractivity contribution >= 4 is 17.4 Å². The van der Waals surface area contributed by atoms with Crippen molar-refractivity contribution in [3.63, 3.8) is 0 Å². The van der Waals surface area contributed by atoms with Crippen LogP contribution in [-0.2, 0) is 6.61 Å². The zero-order valence-corrected chi connectivity index (χ0v) is 11.1. The topological polar surface area (TPSA) is 82.5 Å². The molecule has 1 aromatic carbocycles. The van der Waals surface area contributed by atoms with Crippen LogP contribution in [0.1, 0.15) is 24.2 Å². The van der Waals surface area contributed by atoms with Crippen LogP contribution in [0.5, 0.6) is 0 Å². The Kier molecular flexibility index (Phi) is 4.13. The molecule has 1 aromatic heterocycles. The molecule has 0 aliphatic heterocycles. The molecule has 19 heavy (non-hydrogen) atoms. The van der Waals surface area contributed by atoms with Gasteiger partial charge >= 0.3 is 6.09 Å². The SMILES string of the molecule is CC(NC(=O)O)c1ccc(-c2scnc2CO)cc1. The first kappa shape index (κ1) is 13.5. The first-order valence-electron chi connectivity index (χ1n) is 5.75. The summed E-state index contributed by atoms with van der Waals surface area (Å²) in [6.07, 6.45) is -1.04. The van der Waals surface area contributed by atoms with Gasteiger partial charge in [-0.25, -0.2) is 9.78 Å². The summed E-state index contributed by atoms with van der Waals surface area (Å²) in [4.78, 5) is 15.6. The number of hydrogen-bond acceptors (Lipinski definition) is 4. The van der Waals surface area contributed by atoms with E-state index in [1.165, 1.54) is 11.3 Å². The van der Waals surface area contributed by atoms with Gasteiger partial charge in [-0.15, -0.1) is 11.3 Å². The molecule has 0 spiro atoms. The van der Waals surface area contributed by atoms with E-state index < -0.39 is 6.09 Å². The highest BCUT2D eigenvalue weighted by molar-refractivity contribution is 7.13. The summed E-state index contributed by atoms with van der Waals surface area (Å²) in [6.45, 7) is 1.70. The highest BCUT2D eigenvalue weighted by Crippen LogP contribution is 2.28. The quantitative estimate of drug-likeness (QED) is 0.803. The molecular formula is C13H14N2O3S. The minimum absolute atomic E-state index is 0.0858. The smallest absolute Gasteiger partial charge is 0.405 e. The van der Waals surface area contributed by atoms with Gasteiger partial charge in [-0.3, -0.25) is 0 Å². The van der Waals surface area contributed by atoms with Gasteiger partial charge in [0.15, 0.2) is 0 Å². The molecule has 0 aliphatic carbocycles. The second-order valence-electron chi connectivity index (χ2n) is 4.08. The standard InChI is InChI=1S/C13H14N2O3S/c1-8(15-13(17)18)9-2-4-10(5-3-9)12-11(6-16)14-7-19-12/h2-5,7-8,15-16H,6H2,1H3,(H,17,18). The number of carbonyl (C=O) groups is 1. The Bertz CT molecular complexity index is 566. The fraction of sp³-hybridized carbons (Fsp3) is 0.231. The summed E-state index contributed by atoms with van der Waals surface area (Å²) in [7, 11) is 0. The largest absolute Gasteiger partial charge is 0.465 e. The van der Waals surface area contributed by atoms with E-state index in [4.69, 9.17) is 5.11 Å². The zero-order chi connectivity index (χ0) is 13.8. The van der Waals surface area contributed by atoms with Gasteiger partial charge in [0, 0.05) is 0 Å². The predicted octanol–water partition coefficient (Wildman–Crippen LogP) is 2.63. The third kappa shape index (κ3) is 3.10. The molecule has 6 heteroatoms. The number of rotatable bonds is 4. The summed E-state index contributed by atoms with van der Waals surface area (Å²) in [5.41, 5.74) is 4.22. The summed E-state index contributed by atoms with van der Waals surface area (Å²) in [6, 6.07) is 7.29. The number of aliphatic hydroxyl groups is 1. The van der Waals surface area contributed by atoms with Crippen molar-refractivity contribution in [2.45, 2.75) is 19.6 Å². The molecule has 1 amide bonds. The molecule has 3 N–H and O–H groups in total. The van der Waals surface area contributed by atoms with Gasteiger partial charge in [0.2, 0.25) is 0 Å². The maximum Gasteiger partial charge on any atom is 0.405 e. The molecule has 0 bridgehead atoms. The van der Waals surface area contributed by atoms with Crippen LogP contribution in [0.4, 0.5) is 4.79 Å². The van der Waals surface area contributed by atoms with Gasteiger partial charge < -0.3 is 15.5 Å². The maximum absolute atomic E-state index is 10.6. The fourth-order valence-electron chi connectivity index (χ4n) is 1.81. The maximum atomic E-state index is 10.6. The van der Waals surface area contributed by atoms with Crippen LogP contribution in [0.25, 0.3) is 10.4 Å². The first-order valence-corrected chi connectivity index (χ1v) is 6.62. The molecule has 1 unspecified atom stereocenters. The van der Waals surface area contributed by atoms with Crippen LogP contribution in [0.2, 0.25) is 0 Å². The van der Waals surface area contributed by atoms with Crippen molar-refractivity contribution in [3.8, 4) is 10.4 Å². The molecule has 1 atom stereocenters. The van der Waals surface area contributed by atoms with Crippen LogP contribution < -0.4 is 5.32 Å². The molecule has 0 aliphatic rings. The van der Waals surface area contributed by atoms with Gasteiger partial charge in [-0.1, -0.05) is 24.3 Å². The lowest BCUT2D eigenvalue weighted by Gasteiger charge is -2.12. The lowest BCUT2D eigenvalue weighted by atomic mass is 10.0. The van der Waals surface area contributed by atoms with Crippen molar-refractivity contribution in [2.75, 3.05) is 0 Å². The Morgan fingerprint density at radius 1 is 1.42 bits per heavy atom. The summed E-state index contributed by atoms with van der Waals surface area (Å²) >= 11 is 1.47. The van der Waals surface area contributed by atoms with Gasteiger partial charge in [0.25, 0.3) is 0 Å². The number of benzene rings is 1. The minimum Gasteiger partial charge on any atom is -0.465 e. The van der Waals surface area contributed by atoms with Crippen molar-refractivity contribution in [2.24, 2.45) is 0 Å². The van der Waals surface area contributed by atoms with Crippen LogP contribution in [0.15, 0.2) is 29.8 Å². The molecule has 2 rings (SSSR count). The molecule has 1 heterocycles. The van der Waals surface area contributed by atoms with Crippen molar-refractivity contribution in [1.82, 2.24) is 10.3 Å². The minimum atomic E-state index is -1.04. The number of aromatic nitrogens is 1. The third-order valence-corrected chi connectivity index (χ3v) is 3.72. The molecule has 0 saturated carbocycles. The van der Waals surface area contributed by atoms with Gasteiger partial charge in [-0.2, -0.15) is 0 Å². The van der Waals surface area contributed by atoms with E-state index in [0.29, 0.717) is 5.69 Å². The number of carboxylic acid groups (broad SMARTS) is 1. The Morgan fingerprint density at radius 3 is 2.68 bits per heavy atom. The van der Waals surface area contributed by atoms with Crippen LogP contribution in [-0.4, -0.2) is 21.3 Å². The number of nitrogens with one attached hydrogen (secondary N) is 1. The average Bonchev–Trinajstić information content (AvgIpc) is 2.86. The lowest BCUT2D eigenvalue weighted by molar-refractivity contribution is 0.191. The normalized spacial score (nSPS) is 12.1. The lowest BCUT2D eigenvalue weighted by Crippen LogP contribution is -2.24. The summed E-state index contributed by atoms with van der Waals surface area (Å²) < 4.78 is 0. The Morgan fingerprint density at radius 2 is 2.11 bits per heavy atom. The molecule has 2 aromatic rings. The molecule has 0 fully saturated rings. The van der Waals surface area contributed by atoms with E-state index in [0.717, 1.165) is 16.0 Å². The fourth-order valence-corrected chi connectivity index (χ4v) is 2.62. The van der Waals surface area contributed by atoms with Gasteiger partial charge in [0.1, 0.15) is 0 Å². The van der Waals surface area contributed by atoms with E-state index in [1.807, 2.05) is 24.3 Å². The summed E-state index contributed by atoms with van der Waals surface area (Å²) in [5, 5.41) is 20.3. The van der Waals surface area contributed by atoms with Gasteiger partial charge in [0.05, 0.1) is 28.7 Å². The molecule has 0 radical (unpaired) electrons. The highest BCUT2D eigenvalue weighted by atomic mass is 32.1. The second-order valence-corrected chi connectivity index (χ2v) is 4.93. The van der Waals surface area contributed by atoms with Crippen LogP contribution >= 0.6 is 11.3 Å². The monoisotopic (exact) mass is 278 g/mol. The van der Waals surface area contributed by atoms with E-state index in [-0.39, 0.29) is 12.6 Å². The van der Waals surface area contributed by atoms with Crippen molar-refractivity contribution in [1.29, 1.82) is 0 Å². The van der Waals surface area contributed by atoms with E-state index in [1.54, 1.807) is 12.4 Å². The predicted molar refractivity (Wildman–Crippen MR) is 73.0 cm³/mol. The van der Waals surface area contributed by atoms with Crippen LogP contribution in [0.3, 0.4) is 0 Å². The van der Waals surface area contributed by atoms with Crippen molar-refractivity contribution in [3.05, 3.63) is 41.0 Å². The second kappa shape index (κ2) is 5.81.